The molecule has 2 heterocycles. The molecule has 3 aromatic rings. The zero-order valence-electron chi connectivity index (χ0n) is 17.2. The number of amides is 1. The van der Waals surface area contributed by atoms with Gasteiger partial charge in [0.25, 0.3) is 5.56 Å². The molecule has 160 valence electrons. The Hall–Kier alpha value is -3.68. The van der Waals surface area contributed by atoms with Gasteiger partial charge in [0.1, 0.15) is 18.1 Å². The molecule has 0 saturated carbocycles. The van der Waals surface area contributed by atoms with Crippen LogP contribution in [0.3, 0.4) is 0 Å². The number of hydrogen-bond donors (Lipinski definition) is 0. The van der Waals surface area contributed by atoms with Gasteiger partial charge in [-0.1, -0.05) is 18.2 Å². The van der Waals surface area contributed by atoms with E-state index in [9.17, 15) is 14.0 Å². The normalized spacial score (nSPS) is 13.9. The molecule has 2 aromatic carbocycles. The molecule has 0 radical (unpaired) electrons. The molecule has 0 N–H and O–H groups in total. The van der Waals surface area contributed by atoms with E-state index < -0.39 is 5.82 Å². The van der Waals surface area contributed by atoms with Gasteiger partial charge in [0.15, 0.2) is 0 Å². The Morgan fingerprint density at radius 1 is 1.03 bits per heavy atom. The summed E-state index contributed by atoms with van der Waals surface area (Å²) in [4.78, 5) is 29.1. The van der Waals surface area contributed by atoms with Crippen molar-refractivity contribution in [3.05, 3.63) is 76.8 Å². The summed E-state index contributed by atoms with van der Waals surface area (Å²) in [5, 5.41) is 4.32. The van der Waals surface area contributed by atoms with Crippen LogP contribution in [0.5, 0.6) is 5.75 Å². The van der Waals surface area contributed by atoms with E-state index in [1.165, 1.54) is 37.4 Å². The number of ether oxygens (including phenoxy) is 1. The third kappa shape index (κ3) is 4.58. The Kier molecular flexibility index (Phi) is 5.97. The van der Waals surface area contributed by atoms with Crippen molar-refractivity contribution >= 4 is 11.6 Å². The van der Waals surface area contributed by atoms with Gasteiger partial charge in [0, 0.05) is 49.6 Å². The molecule has 0 unspecified atom stereocenters. The molecule has 0 atom stereocenters. The smallest absolute Gasteiger partial charge is 0.267 e. The molecule has 0 bridgehead atoms. The SMILES string of the molecule is COc1cc(F)ccc1-c1ccc(=O)n(CC(=O)N2CCN(c3ccccc3)CC2)n1. The summed E-state index contributed by atoms with van der Waals surface area (Å²) in [5.74, 6) is -0.287. The van der Waals surface area contributed by atoms with E-state index >= 15 is 0 Å². The number of methoxy groups -OCH3 is 1. The monoisotopic (exact) mass is 422 g/mol. The van der Waals surface area contributed by atoms with Gasteiger partial charge in [0.05, 0.1) is 12.8 Å². The van der Waals surface area contributed by atoms with Crippen molar-refractivity contribution in [2.45, 2.75) is 6.54 Å². The van der Waals surface area contributed by atoms with Crippen LogP contribution in [0.25, 0.3) is 11.3 Å². The Morgan fingerprint density at radius 3 is 2.48 bits per heavy atom. The Bertz CT molecular complexity index is 1130. The zero-order valence-corrected chi connectivity index (χ0v) is 17.2. The average Bonchev–Trinajstić information content (AvgIpc) is 2.81. The van der Waals surface area contributed by atoms with Crippen LogP contribution in [-0.2, 0) is 11.3 Å². The number of anilines is 1. The van der Waals surface area contributed by atoms with Crippen LogP contribution >= 0.6 is 0 Å². The molecule has 7 nitrogen and oxygen atoms in total. The van der Waals surface area contributed by atoms with Crippen molar-refractivity contribution in [2.24, 2.45) is 0 Å². The molecule has 1 amide bonds. The van der Waals surface area contributed by atoms with E-state index in [0.29, 0.717) is 30.1 Å². The van der Waals surface area contributed by atoms with Crippen molar-refractivity contribution in [3.8, 4) is 17.0 Å². The predicted molar refractivity (Wildman–Crippen MR) is 116 cm³/mol. The number of hydrogen-bond acceptors (Lipinski definition) is 5. The maximum absolute atomic E-state index is 13.5. The molecule has 0 aliphatic carbocycles. The number of para-hydroxylation sites is 1. The lowest BCUT2D eigenvalue weighted by atomic mass is 10.1. The van der Waals surface area contributed by atoms with Gasteiger partial charge in [-0.3, -0.25) is 9.59 Å². The Labute approximate surface area is 179 Å². The van der Waals surface area contributed by atoms with Crippen LogP contribution in [-0.4, -0.2) is 53.9 Å². The molecule has 8 heteroatoms. The van der Waals surface area contributed by atoms with Gasteiger partial charge in [0.2, 0.25) is 5.91 Å². The van der Waals surface area contributed by atoms with Crippen molar-refractivity contribution in [1.82, 2.24) is 14.7 Å². The predicted octanol–water partition coefficient (Wildman–Crippen LogP) is 2.41. The maximum Gasteiger partial charge on any atom is 0.267 e. The molecule has 4 rings (SSSR count). The lowest BCUT2D eigenvalue weighted by molar-refractivity contribution is -0.132. The van der Waals surface area contributed by atoms with Crippen LogP contribution in [0.4, 0.5) is 10.1 Å². The fraction of sp³-hybridized carbons (Fsp3) is 0.261. The van der Waals surface area contributed by atoms with Gasteiger partial charge < -0.3 is 14.5 Å². The minimum atomic E-state index is -0.432. The first kappa shape index (κ1) is 20.6. The molecular weight excluding hydrogens is 399 g/mol. The van der Waals surface area contributed by atoms with E-state index in [0.717, 1.165) is 23.5 Å². The second-order valence-electron chi connectivity index (χ2n) is 7.26. The van der Waals surface area contributed by atoms with Crippen LogP contribution in [0.1, 0.15) is 0 Å². The maximum atomic E-state index is 13.5. The summed E-state index contributed by atoms with van der Waals surface area (Å²) in [7, 11) is 1.44. The summed E-state index contributed by atoms with van der Waals surface area (Å²) >= 11 is 0. The van der Waals surface area contributed by atoms with Crippen LogP contribution in [0, 0.1) is 5.82 Å². The summed E-state index contributed by atoms with van der Waals surface area (Å²) in [6, 6.07) is 17.0. The highest BCUT2D eigenvalue weighted by Gasteiger charge is 2.22. The molecule has 1 saturated heterocycles. The van der Waals surface area contributed by atoms with Crippen molar-refractivity contribution in [1.29, 1.82) is 0 Å². The molecule has 1 aromatic heterocycles. The number of carbonyl (C=O) groups is 1. The standard InChI is InChI=1S/C23H23FN4O3/c1-31-21-15-17(24)7-8-19(21)20-9-10-22(29)28(25-20)16-23(30)27-13-11-26(12-14-27)18-5-3-2-4-6-18/h2-10,15H,11-14,16H2,1H3. The lowest BCUT2D eigenvalue weighted by Crippen LogP contribution is -2.50. The number of rotatable bonds is 5. The molecule has 0 spiro atoms. The van der Waals surface area contributed by atoms with Crippen molar-refractivity contribution in [2.75, 3.05) is 38.2 Å². The number of nitrogens with zero attached hydrogens (tertiary/aromatic N) is 4. The highest BCUT2D eigenvalue weighted by molar-refractivity contribution is 5.76. The van der Waals surface area contributed by atoms with E-state index in [2.05, 4.69) is 22.1 Å². The molecular formula is C23H23FN4O3. The minimum Gasteiger partial charge on any atom is -0.496 e. The van der Waals surface area contributed by atoms with Gasteiger partial charge in [-0.2, -0.15) is 5.10 Å². The van der Waals surface area contributed by atoms with Crippen molar-refractivity contribution in [3.63, 3.8) is 0 Å². The van der Waals surface area contributed by atoms with E-state index in [1.807, 2.05) is 18.2 Å². The Morgan fingerprint density at radius 2 is 1.77 bits per heavy atom. The summed E-state index contributed by atoms with van der Waals surface area (Å²) in [6.07, 6.45) is 0. The summed E-state index contributed by atoms with van der Waals surface area (Å²) in [5.41, 5.74) is 1.73. The van der Waals surface area contributed by atoms with Crippen LogP contribution < -0.4 is 15.2 Å². The first-order valence-electron chi connectivity index (χ1n) is 10.0. The van der Waals surface area contributed by atoms with Gasteiger partial charge >= 0.3 is 0 Å². The first-order valence-corrected chi connectivity index (χ1v) is 10.0. The number of piperazine rings is 1. The summed E-state index contributed by atoms with van der Waals surface area (Å²) < 4.78 is 19.9. The number of benzene rings is 2. The van der Waals surface area contributed by atoms with E-state index in [4.69, 9.17) is 4.74 Å². The highest BCUT2D eigenvalue weighted by atomic mass is 19.1. The quantitative estimate of drug-likeness (QED) is 0.632. The number of carbonyl (C=O) groups excluding carboxylic acids is 1. The van der Waals surface area contributed by atoms with Crippen LogP contribution in [0.2, 0.25) is 0 Å². The first-order chi connectivity index (χ1) is 15.0. The summed E-state index contributed by atoms with van der Waals surface area (Å²) in [6.45, 7) is 2.46. The zero-order chi connectivity index (χ0) is 21.8. The van der Waals surface area contributed by atoms with E-state index in [1.54, 1.807) is 4.90 Å². The molecule has 1 aliphatic rings. The number of aromatic nitrogens is 2. The molecule has 1 fully saturated rings. The van der Waals surface area contributed by atoms with Gasteiger partial charge in [-0.25, -0.2) is 9.07 Å². The van der Waals surface area contributed by atoms with Gasteiger partial charge in [-0.15, -0.1) is 0 Å². The average molecular weight is 422 g/mol. The topological polar surface area (TPSA) is 67.7 Å². The Balaban J connectivity index is 1.47. The molecule has 31 heavy (non-hydrogen) atoms. The second-order valence-corrected chi connectivity index (χ2v) is 7.26. The third-order valence-corrected chi connectivity index (χ3v) is 5.34. The van der Waals surface area contributed by atoms with Crippen molar-refractivity contribution < 1.29 is 13.9 Å². The third-order valence-electron chi connectivity index (χ3n) is 5.34. The fourth-order valence-corrected chi connectivity index (χ4v) is 3.66. The van der Waals surface area contributed by atoms with Crippen LogP contribution in [0.15, 0.2) is 65.5 Å². The second kappa shape index (κ2) is 8.99. The largest absolute Gasteiger partial charge is 0.496 e. The fourth-order valence-electron chi connectivity index (χ4n) is 3.66. The van der Waals surface area contributed by atoms with Gasteiger partial charge in [-0.05, 0) is 30.3 Å². The molecule has 1 aliphatic heterocycles. The minimum absolute atomic E-state index is 0.151. The number of halogens is 1. The highest BCUT2D eigenvalue weighted by Crippen LogP contribution is 2.28. The van der Waals surface area contributed by atoms with E-state index in [-0.39, 0.29) is 18.0 Å². The lowest BCUT2D eigenvalue weighted by Gasteiger charge is -2.36.